The lowest BCUT2D eigenvalue weighted by atomic mass is 10.0. The van der Waals surface area contributed by atoms with Crippen LogP contribution in [0.4, 0.5) is 0 Å². The number of ether oxygens (including phenoxy) is 2. The molecule has 0 fully saturated rings. The van der Waals surface area contributed by atoms with Gasteiger partial charge in [0.1, 0.15) is 6.04 Å². The number of aromatic nitrogens is 2. The molecule has 0 aliphatic carbocycles. The lowest BCUT2D eigenvalue weighted by molar-refractivity contribution is 0.0551. The molecule has 1 aliphatic rings. The highest BCUT2D eigenvalue weighted by atomic mass is 16.5. The molecule has 0 bridgehead atoms. The molecule has 0 radical (unpaired) electrons. The predicted molar refractivity (Wildman–Crippen MR) is 123 cm³/mol. The fourth-order valence-corrected chi connectivity index (χ4v) is 4.08. The number of nitrogens with zero attached hydrogens (tertiary/aromatic N) is 3. The SMILES string of the molecule is COc1ccc(-c2noc([C@@H](Cc3ccccc3)N3C(=O)c4ccccc4C3=O)n2)cc1OC. The molecule has 170 valence electrons. The number of carbonyl (C=O) groups excluding carboxylic acids is 2. The van der Waals surface area contributed by atoms with Crippen LogP contribution in [0.25, 0.3) is 11.4 Å². The van der Waals surface area contributed by atoms with E-state index in [-0.39, 0.29) is 17.7 Å². The maximum absolute atomic E-state index is 13.2. The molecule has 2 amide bonds. The van der Waals surface area contributed by atoms with Crippen molar-refractivity contribution in [2.45, 2.75) is 12.5 Å². The minimum Gasteiger partial charge on any atom is -0.493 e. The van der Waals surface area contributed by atoms with E-state index in [4.69, 9.17) is 14.0 Å². The molecule has 1 aromatic heterocycles. The molecule has 0 spiro atoms. The summed E-state index contributed by atoms with van der Waals surface area (Å²) in [6.45, 7) is 0. The van der Waals surface area contributed by atoms with E-state index >= 15 is 0 Å². The molecule has 8 nitrogen and oxygen atoms in total. The van der Waals surface area contributed by atoms with Gasteiger partial charge in [0.05, 0.1) is 25.3 Å². The third kappa shape index (κ3) is 3.69. The number of carbonyl (C=O) groups is 2. The number of imide groups is 1. The van der Waals surface area contributed by atoms with Crippen molar-refractivity contribution >= 4 is 11.8 Å². The standard InChI is InChI=1S/C26H21N3O5/c1-32-21-13-12-17(15-22(21)33-2)23-27-24(34-28-23)20(14-16-8-4-3-5-9-16)29-25(30)18-10-6-7-11-19(18)26(29)31/h3-13,15,20H,14H2,1-2H3/t20-/m1/s1. The molecule has 2 heterocycles. The summed E-state index contributed by atoms with van der Waals surface area (Å²) in [7, 11) is 3.10. The first-order valence-corrected chi connectivity index (χ1v) is 10.7. The van der Waals surface area contributed by atoms with Gasteiger partial charge >= 0.3 is 0 Å². The van der Waals surface area contributed by atoms with E-state index in [1.54, 1.807) is 56.7 Å². The van der Waals surface area contributed by atoms with Crippen molar-refractivity contribution in [1.29, 1.82) is 0 Å². The van der Waals surface area contributed by atoms with Gasteiger partial charge in [-0.25, -0.2) is 0 Å². The Bertz CT molecular complexity index is 1330. The summed E-state index contributed by atoms with van der Waals surface area (Å²) in [6, 6.07) is 20.8. The van der Waals surface area contributed by atoms with Gasteiger partial charge in [0.25, 0.3) is 17.7 Å². The highest BCUT2D eigenvalue weighted by Gasteiger charge is 2.42. The van der Waals surface area contributed by atoms with E-state index in [1.165, 1.54) is 4.90 Å². The van der Waals surface area contributed by atoms with Crippen LogP contribution in [0.5, 0.6) is 11.5 Å². The lowest BCUT2D eigenvalue weighted by Crippen LogP contribution is -2.35. The topological polar surface area (TPSA) is 94.8 Å². The molecule has 4 aromatic rings. The van der Waals surface area contributed by atoms with Crippen molar-refractivity contribution in [1.82, 2.24) is 15.0 Å². The van der Waals surface area contributed by atoms with Crippen molar-refractivity contribution < 1.29 is 23.6 Å². The second kappa shape index (κ2) is 8.82. The molecule has 0 saturated heterocycles. The van der Waals surface area contributed by atoms with Crippen molar-refractivity contribution in [3.8, 4) is 22.9 Å². The number of benzene rings is 3. The minimum absolute atomic E-state index is 0.170. The summed E-state index contributed by atoms with van der Waals surface area (Å²) in [5.74, 6) is 0.809. The third-order valence-electron chi connectivity index (χ3n) is 5.78. The summed E-state index contributed by atoms with van der Waals surface area (Å²) in [5, 5.41) is 4.12. The Hall–Kier alpha value is -4.46. The summed E-state index contributed by atoms with van der Waals surface area (Å²) in [5.41, 5.74) is 2.30. The van der Waals surface area contributed by atoms with Crippen molar-refractivity contribution in [3.63, 3.8) is 0 Å². The van der Waals surface area contributed by atoms with Crippen LogP contribution in [-0.4, -0.2) is 41.1 Å². The molecule has 34 heavy (non-hydrogen) atoms. The molecule has 1 atom stereocenters. The number of methoxy groups -OCH3 is 2. The van der Waals surface area contributed by atoms with Gasteiger partial charge in [-0.2, -0.15) is 4.98 Å². The quantitative estimate of drug-likeness (QED) is 0.383. The molecule has 0 N–H and O–H groups in total. The van der Waals surface area contributed by atoms with Crippen LogP contribution in [0, 0.1) is 0 Å². The normalized spacial score (nSPS) is 13.6. The molecule has 5 rings (SSSR count). The van der Waals surface area contributed by atoms with Gasteiger partial charge in [0.15, 0.2) is 11.5 Å². The van der Waals surface area contributed by atoms with Crippen LogP contribution in [0.15, 0.2) is 77.3 Å². The fraction of sp³-hybridized carbons (Fsp3) is 0.154. The Kier molecular flexibility index (Phi) is 5.55. The van der Waals surface area contributed by atoms with Crippen LogP contribution < -0.4 is 9.47 Å². The maximum atomic E-state index is 13.2. The highest BCUT2D eigenvalue weighted by molar-refractivity contribution is 6.21. The number of rotatable bonds is 7. The van der Waals surface area contributed by atoms with E-state index in [0.717, 1.165) is 5.56 Å². The minimum atomic E-state index is -0.767. The smallest absolute Gasteiger partial charge is 0.262 e. The molecule has 1 aliphatic heterocycles. The Morgan fingerprint density at radius 3 is 2.15 bits per heavy atom. The Morgan fingerprint density at radius 2 is 1.50 bits per heavy atom. The number of amides is 2. The second-order valence-corrected chi connectivity index (χ2v) is 7.76. The molecular weight excluding hydrogens is 434 g/mol. The van der Waals surface area contributed by atoms with Crippen LogP contribution >= 0.6 is 0 Å². The van der Waals surface area contributed by atoms with E-state index < -0.39 is 6.04 Å². The van der Waals surface area contributed by atoms with Crippen molar-refractivity contribution in [2.24, 2.45) is 0 Å². The van der Waals surface area contributed by atoms with E-state index in [2.05, 4.69) is 10.1 Å². The maximum Gasteiger partial charge on any atom is 0.262 e. The summed E-state index contributed by atoms with van der Waals surface area (Å²) in [6.07, 6.45) is 0.333. The zero-order valence-corrected chi connectivity index (χ0v) is 18.6. The van der Waals surface area contributed by atoms with E-state index in [0.29, 0.717) is 40.4 Å². The third-order valence-corrected chi connectivity index (χ3v) is 5.78. The molecule has 3 aromatic carbocycles. The van der Waals surface area contributed by atoms with Crippen LogP contribution in [0.2, 0.25) is 0 Å². The molecule has 0 unspecified atom stereocenters. The first-order valence-electron chi connectivity index (χ1n) is 10.7. The lowest BCUT2D eigenvalue weighted by Gasteiger charge is -2.23. The highest BCUT2D eigenvalue weighted by Crippen LogP contribution is 2.35. The van der Waals surface area contributed by atoms with E-state index in [9.17, 15) is 9.59 Å². The summed E-state index contributed by atoms with van der Waals surface area (Å²) in [4.78, 5) is 32.2. The van der Waals surface area contributed by atoms with Gasteiger partial charge in [-0.1, -0.05) is 47.6 Å². The number of hydrogen-bond acceptors (Lipinski definition) is 7. The first kappa shape index (κ1) is 21.4. The van der Waals surface area contributed by atoms with Gasteiger partial charge < -0.3 is 14.0 Å². The summed E-state index contributed by atoms with van der Waals surface area (Å²) >= 11 is 0. The molecule has 0 saturated carbocycles. The zero-order chi connectivity index (χ0) is 23.7. The number of hydrogen-bond donors (Lipinski definition) is 0. The Balaban J connectivity index is 1.54. The second-order valence-electron chi connectivity index (χ2n) is 7.76. The zero-order valence-electron chi connectivity index (χ0n) is 18.6. The van der Waals surface area contributed by atoms with Crippen LogP contribution in [-0.2, 0) is 6.42 Å². The largest absolute Gasteiger partial charge is 0.493 e. The summed E-state index contributed by atoms with van der Waals surface area (Å²) < 4.78 is 16.3. The number of fused-ring (bicyclic) bond motifs is 1. The Morgan fingerprint density at radius 1 is 0.853 bits per heavy atom. The van der Waals surface area contributed by atoms with E-state index in [1.807, 2.05) is 30.3 Å². The van der Waals surface area contributed by atoms with Crippen molar-refractivity contribution in [2.75, 3.05) is 14.2 Å². The van der Waals surface area contributed by atoms with Crippen molar-refractivity contribution in [3.05, 3.63) is 95.4 Å². The van der Waals surface area contributed by atoms with Gasteiger partial charge in [0.2, 0.25) is 5.82 Å². The molecule has 8 heteroatoms. The van der Waals surface area contributed by atoms with Crippen LogP contribution in [0.1, 0.15) is 38.2 Å². The molecular formula is C26H21N3O5. The van der Waals surface area contributed by atoms with Gasteiger partial charge in [-0.3, -0.25) is 14.5 Å². The van der Waals surface area contributed by atoms with Gasteiger partial charge in [-0.05, 0) is 35.9 Å². The first-order chi connectivity index (χ1) is 16.6. The Labute approximate surface area is 195 Å². The average molecular weight is 455 g/mol. The monoisotopic (exact) mass is 455 g/mol. The van der Waals surface area contributed by atoms with Gasteiger partial charge in [-0.15, -0.1) is 0 Å². The predicted octanol–water partition coefficient (Wildman–Crippen LogP) is 4.33. The van der Waals surface area contributed by atoms with Crippen LogP contribution in [0.3, 0.4) is 0 Å². The average Bonchev–Trinajstić information content (AvgIpc) is 3.47. The van der Waals surface area contributed by atoms with Gasteiger partial charge in [0, 0.05) is 12.0 Å². The fourth-order valence-electron chi connectivity index (χ4n) is 4.08.